The summed E-state index contributed by atoms with van der Waals surface area (Å²) in [6.07, 6.45) is -0.728. The number of carbonyl (C=O) groups excluding carboxylic acids is 2. The quantitative estimate of drug-likeness (QED) is 0.422. The molecule has 0 saturated carbocycles. The zero-order chi connectivity index (χ0) is 21.3. The number of rotatable bonds is 6. The molecule has 1 amide bonds. The van der Waals surface area contributed by atoms with Gasteiger partial charge in [-0.2, -0.15) is 0 Å². The van der Waals surface area contributed by atoms with Crippen molar-refractivity contribution >= 4 is 33.8 Å². The number of imidazole rings is 1. The molecular formula is C21H18F2N4O3. The fourth-order valence-corrected chi connectivity index (χ4v) is 3.37. The van der Waals surface area contributed by atoms with Gasteiger partial charge >= 0.3 is 5.97 Å². The Bertz CT molecular complexity index is 1230. The predicted octanol–water partition coefficient (Wildman–Crippen LogP) is 3.50. The summed E-state index contributed by atoms with van der Waals surface area (Å²) in [4.78, 5) is 34.4. The maximum Gasteiger partial charge on any atom is 0.328 e. The molecule has 0 unspecified atom stereocenters. The molecule has 0 spiro atoms. The summed E-state index contributed by atoms with van der Waals surface area (Å²) in [7, 11) is 1.25. The van der Waals surface area contributed by atoms with Crippen LogP contribution in [0.15, 0.2) is 48.7 Å². The van der Waals surface area contributed by atoms with Crippen LogP contribution in [0.4, 0.5) is 8.78 Å². The minimum absolute atomic E-state index is 0.208. The summed E-state index contributed by atoms with van der Waals surface area (Å²) in [6.45, 7) is 0. The van der Waals surface area contributed by atoms with Crippen LogP contribution in [0.3, 0.4) is 0 Å². The highest BCUT2D eigenvalue weighted by molar-refractivity contribution is 5.99. The molecule has 0 fully saturated rings. The van der Waals surface area contributed by atoms with E-state index in [1.54, 1.807) is 6.20 Å². The number of aromatic amines is 2. The van der Waals surface area contributed by atoms with Gasteiger partial charge in [-0.1, -0.05) is 18.2 Å². The Morgan fingerprint density at radius 2 is 1.97 bits per heavy atom. The second-order valence-corrected chi connectivity index (χ2v) is 6.77. The highest BCUT2D eigenvalue weighted by atomic mass is 19.3. The van der Waals surface area contributed by atoms with Crippen LogP contribution in [0.25, 0.3) is 21.9 Å². The molecular weight excluding hydrogens is 394 g/mol. The van der Waals surface area contributed by atoms with Crippen molar-refractivity contribution in [2.24, 2.45) is 0 Å². The number of methoxy groups -OCH3 is 1. The van der Waals surface area contributed by atoms with Crippen LogP contribution in [0.2, 0.25) is 0 Å². The zero-order valence-electron chi connectivity index (χ0n) is 15.9. The van der Waals surface area contributed by atoms with Gasteiger partial charge in [0.2, 0.25) is 0 Å². The number of alkyl halides is 2. The van der Waals surface area contributed by atoms with Crippen LogP contribution in [0.1, 0.15) is 28.2 Å². The van der Waals surface area contributed by atoms with Crippen molar-refractivity contribution in [2.45, 2.75) is 18.9 Å². The number of amides is 1. The van der Waals surface area contributed by atoms with Gasteiger partial charge in [-0.05, 0) is 29.8 Å². The number of carbonyl (C=O) groups is 2. The van der Waals surface area contributed by atoms with E-state index in [9.17, 15) is 18.4 Å². The van der Waals surface area contributed by atoms with Crippen LogP contribution in [0, 0.1) is 0 Å². The number of hydrogen-bond donors (Lipinski definition) is 3. The topological polar surface area (TPSA) is 99.9 Å². The smallest absolute Gasteiger partial charge is 0.328 e. The van der Waals surface area contributed by atoms with Crippen LogP contribution in [-0.4, -0.2) is 40.0 Å². The zero-order valence-corrected chi connectivity index (χ0v) is 15.9. The van der Waals surface area contributed by atoms with E-state index in [0.29, 0.717) is 11.0 Å². The molecule has 9 heteroatoms. The summed E-state index contributed by atoms with van der Waals surface area (Å²) in [5.41, 5.74) is 2.61. The SMILES string of the molecule is COC(=O)[C@@H](Cc1c[nH]c2ccccc12)NC(=O)c1ccc2nc(C(F)F)[nH]c2c1. The van der Waals surface area contributed by atoms with Gasteiger partial charge in [-0.3, -0.25) is 4.79 Å². The lowest BCUT2D eigenvalue weighted by Gasteiger charge is -2.16. The number of nitrogens with one attached hydrogen (secondary N) is 3. The van der Waals surface area contributed by atoms with Gasteiger partial charge in [0, 0.05) is 29.1 Å². The largest absolute Gasteiger partial charge is 0.467 e. The van der Waals surface area contributed by atoms with Crippen molar-refractivity contribution in [3.8, 4) is 0 Å². The second-order valence-electron chi connectivity index (χ2n) is 6.77. The maximum absolute atomic E-state index is 12.8. The van der Waals surface area contributed by atoms with E-state index in [-0.39, 0.29) is 12.0 Å². The number of benzene rings is 2. The number of para-hydroxylation sites is 1. The van der Waals surface area contributed by atoms with E-state index in [2.05, 4.69) is 20.3 Å². The summed E-state index contributed by atoms with van der Waals surface area (Å²) in [6, 6.07) is 11.1. The molecule has 0 radical (unpaired) electrons. The Labute approximate surface area is 169 Å². The minimum Gasteiger partial charge on any atom is -0.467 e. The molecule has 2 aromatic heterocycles. The van der Waals surface area contributed by atoms with Crippen LogP contribution < -0.4 is 5.32 Å². The van der Waals surface area contributed by atoms with E-state index in [0.717, 1.165) is 16.5 Å². The Hall–Kier alpha value is -3.75. The first-order chi connectivity index (χ1) is 14.5. The lowest BCUT2D eigenvalue weighted by molar-refractivity contribution is -0.142. The number of fused-ring (bicyclic) bond motifs is 2. The Balaban J connectivity index is 1.57. The molecule has 4 rings (SSSR count). The maximum atomic E-state index is 12.8. The first kappa shape index (κ1) is 19.6. The fraction of sp³-hybridized carbons (Fsp3) is 0.190. The standard InChI is InChI=1S/C21H18F2N4O3/c1-30-21(29)17(9-12-10-24-14-5-3-2-4-13(12)14)27-20(28)11-6-7-15-16(8-11)26-19(25-15)18(22)23/h2-8,10,17-18,24H,9H2,1H3,(H,25,26)(H,27,28)/t17-/m1/s1. The minimum atomic E-state index is -2.74. The third-order valence-corrected chi connectivity index (χ3v) is 4.86. The van der Waals surface area contributed by atoms with Gasteiger partial charge < -0.3 is 20.0 Å². The van der Waals surface area contributed by atoms with Crippen LogP contribution in [0.5, 0.6) is 0 Å². The van der Waals surface area contributed by atoms with E-state index in [1.807, 2.05) is 24.3 Å². The normalized spacial score (nSPS) is 12.4. The summed E-state index contributed by atoms with van der Waals surface area (Å²) in [5.74, 6) is -1.58. The molecule has 154 valence electrons. The molecule has 0 aliphatic heterocycles. The van der Waals surface area contributed by atoms with Crippen molar-refractivity contribution < 1.29 is 23.1 Å². The summed E-state index contributed by atoms with van der Waals surface area (Å²) in [5, 5.41) is 3.62. The highest BCUT2D eigenvalue weighted by Gasteiger charge is 2.24. The molecule has 0 saturated heterocycles. The van der Waals surface area contributed by atoms with Crippen LogP contribution in [-0.2, 0) is 16.0 Å². The first-order valence-corrected chi connectivity index (χ1v) is 9.17. The van der Waals surface area contributed by atoms with Crippen molar-refractivity contribution in [2.75, 3.05) is 7.11 Å². The highest BCUT2D eigenvalue weighted by Crippen LogP contribution is 2.22. The van der Waals surface area contributed by atoms with Crippen molar-refractivity contribution in [3.63, 3.8) is 0 Å². The third-order valence-electron chi connectivity index (χ3n) is 4.86. The van der Waals surface area contributed by atoms with Crippen LogP contribution >= 0.6 is 0 Å². The van der Waals surface area contributed by atoms with Crippen molar-refractivity contribution in [3.05, 3.63) is 65.6 Å². The molecule has 3 N–H and O–H groups in total. The van der Waals surface area contributed by atoms with Crippen molar-refractivity contribution in [1.82, 2.24) is 20.3 Å². The molecule has 30 heavy (non-hydrogen) atoms. The molecule has 0 aliphatic carbocycles. The number of H-pyrrole nitrogens is 2. The van der Waals surface area contributed by atoms with Gasteiger partial charge in [0.1, 0.15) is 6.04 Å². The molecule has 2 aromatic carbocycles. The molecule has 0 aliphatic rings. The molecule has 0 bridgehead atoms. The monoisotopic (exact) mass is 412 g/mol. The lowest BCUT2D eigenvalue weighted by Crippen LogP contribution is -2.43. The predicted molar refractivity (Wildman–Crippen MR) is 106 cm³/mol. The summed E-state index contributed by atoms with van der Waals surface area (Å²) < 4.78 is 30.5. The van der Waals surface area contributed by atoms with E-state index in [4.69, 9.17) is 4.74 Å². The number of ether oxygens (including phenoxy) is 1. The Morgan fingerprint density at radius 3 is 2.73 bits per heavy atom. The van der Waals surface area contributed by atoms with E-state index < -0.39 is 30.2 Å². The van der Waals surface area contributed by atoms with Gasteiger partial charge in [0.05, 0.1) is 18.1 Å². The first-order valence-electron chi connectivity index (χ1n) is 9.17. The average molecular weight is 412 g/mol. The number of nitrogens with zero attached hydrogens (tertiary/aromatic N) is 1. The average Bonchev–Trinajstić information content (AvgIpc) is 3.36. The lowest BCUT2D eigenvalue weighted by atomic mass is 10.0. The van der Waals surface area contributed by atoms with E-state index >= 15 is 0 Å². The number of esters is 1. The van der Waals surface area contributed by atoms with Crippen molar-refractivity contribution in [1.29, 1.82) is 0 Å². The van der Waals surface area contributed by atoms with E-state index in [1.165, 1.54) is 25.3 Å². The van der Waals surface area contributed by atoms with Gasteiger partial charge in [-0.25, -0.2) is 18.6 Å². The molecule has 4 aromatic rings. The number of aromatic nitrogens is 3. The van der Waals surface area contributed by atoms with Gasteiger partial charge in [0.15, 0.2) is 5.82 Å². The Morgan fingerprint density at radius 1 is 1.17 bits per heavy atom. The van der Waals surface area contributed by atoms with Gasteiger partial charge in [0.25, 0.3) is 12.3 Å². The summed E-state index contributed by atoms with van der Waals surface area (Å²) >= 11 is 0. The molecule has 2 heterocycles. The molecule has 1 atom stereocenters. The fourth-order valence-electron chi connectivity index (χ4n) is 3.37. The number of halogens is 2. The number of hydrogen-bond acceptors (Lipinski definition) is 4. The van der Waals surface area contributed by atoms with Gasteiger partial charge in [-0.15, -0.1) is 0 Å². The molecule has 7 nitrogen and oxygen atoms in total. The third kappa shape index (κ3) is 3.73. The Kier molecular flexibility index (Phi) is 5.18. The second kappa shape index (κ2) is 7.94.